The first-order valence-corrected chi connectivity index (χ1v) is 9.73. The first kappa shape index (κ1) is 20.8. The van der Waals surface area contributed by atoms with E-state index in [1.807, 2.05) is 49.4 Å². The highest BCUT2D eigenvalue weighted by atomic mass is 16.2. The average Bonchev–Trinajstić information content (AvgIpc) is 2.78. The molecule has 0 aromatic heterocycles. The van der Waals surface area contributed by atoms with Crippen LogP contribution in [-0.2, 0) is 4.79 Å². The monoisotopic (exact) mass is 401 g/mol. The summed E-state index contributed by atoms with van der Waals surface area (Å²) in [5.74, 6) is -0.928. The summed E-state index contributed by atoms with van der Waals surface area (Å²) in [7, 11) is 0. The van der Waals surface area contributed by atoms with E-state index in [9.17, 15) is 14.4 Å². The summed E-state index contributed by atoms with van der Waals surface area (Å²) in [6.45, 7) is 1.93. The maximum absolute atomic E-state index is 12.3. The van der Waals surface area contributed by atoms with Crippen LogP contribution in [0.4, 0.5) is 5.69 Å². The van der Waals surface area contributed by atoms with Crippen molar-refractivity contribution in [2.45, 2.75) is 19.8 Å². The Morgan fingerprint density at radius 3 is 1.70 bits per heavy atom. The van der Waals surface area contributed by atoms with E-state index >= 15 is 0 Å². The molecule has 0 heterocycles. The molecule has 6 nitrogen and oxygen atoms in total. The Bertz CT molecular complexity index is 1010. The Hall–Kier alpha value is -3.93. The van der Waals surface area contributed by atoms with Gasteiger partial charge in [0.05, 0.1) is 0 Å². The van der Waals surface area contributed by atoms with Crippen LogP contribution >= 0.6 is 0 Å². The van der Waals surface area contributed by atoms with Crippen LogP contribution in [0.25, 0.3) is 11.1 Å². The Kier molecular flexibility index (Phi) is 6.95. The van der Waals surface area contributed by atoms with Crippen molar-refractivity contribution in [3.8, 4) is 11.1 Å². The summed E-state index contributed by atoms with van der Waals surface area (Å²) in [6.07, 6.45) is 1.21. The summed E-state index contributed by atoms with van der Waals surface area (Å²) in [5, 5.41) is 2.76. The number of carbonyl (C=O) groups excluding carboxylic acids is 3. The van der Waals surface area contributed by atoms with E-state index in [-0.39, 0.29) is 5.91 Å². The molecular formula is C24H23N3O3. The van der Waals surface area contributed by atoms with E-state index in [4.69, 9.17) is 0 Å². The van der Waals surface area contributed by atoms with Crippen LogP contribution in [0.2, 0.25) is 0 Å². The van der Waals surface area contributed by atoms with Gasteiger partial charge in [-0.15, -0.1) is 0 Å². The lowest BCUT2D eigenvalue weighted by molar-refractivity contribution is -0.116. The summed E-state index contributed by atoms with van der Waals surface area (Å²) in [5.41, 5.74) is 8.29. The third kappa shape index (κ3) is 5.54. The molecule has 0 saturated heterocycles. The highest BCUT2D eigenvalue weighted by Crippen LogP contribution is 2.19. The smallest absolute Gasteiger partial charge is 0.269 e. The maximum Gasteiger partial charge on any atom is 0.269 e. The molecule has 0 unspecified atom stereocenters. The lowest BCUT2D eigenvalue weighted by atomic mass is 10.0. The quantitative estimate of drug-likeness (QED) is 0.542. The number of nitrogens with one attached hydrogen (secondary N) is 3. The second kappa shape index (κ2) is 10.0. The fourth-order valence-electron chi connectivity index (χ4n) is 2.86. The molecule has 0 aliphatic heterocycles. The minimum Gasteiger partial charge on any atom is -0.326 e. The zero-order valence-electron chi connectivity index (χ0n) is 16.6. The molecule has 30 heavy (non-hydrogen) atoms. The second-order valence-corrected chi connectivity index (χ2v) is 6.73. The van der Waals surface area contributed by atoms with E-state index in [1.165, 1.54) is 0 Å². The van der Waals surface area contributed by atoms with Gasteiger partial charge < -0.3 is 5.32 Å². The molecular weight excluding hydrogens is 378 g/mol. The highest BCUT2D eigenvalue weighted by Gasteiger charge is 2.10. The molecule has 0 bridgehead atoms. The standard InChI is InChI=1S/C24H23N3O3/c1-2-6-22(28)25-21-15-13-20(14-16-21)24(30)27-26-23(29)19-11-9-18(10-12-19)17-7-4-3-5-8-17/h3-5,7-16H,2,6H2,1H3,(H,25,28)(H,26,29)(H,27,30). The zero-order chi connectivity index (χ0) is 21.3. The van der Waals surface area contributed by atoms with E-state index in [0.29, 0.717) is 23.2 Å². The van der Waals surface area contributed by atoms with Crippen LogP contribution in [0.3, 0.4) is 0 Å². The van der Waals surface area contributed by atoms with Crippen LogP contribution < -0.4 is 16.2 Å². The molecule has 3 amide bonds. The molecule has 0 fully saturated rings. The van der Waals surface area contributed by atoms with Gasteiger partial charge in [-0.1, -0.05) is 49.4 Å². The van der Waals surface area contributed by atoms with Gasteiger partial charge in [-0.2, -0.15) is 0 Å². The van der Waals surface area contributed by atoms with Gasteiger partial charge in [0.25, 0.3) is 11.8 Å². The number of benzene rings is 3. The Morgan fingerprint density at radius 2 is 1.17 bits per heavy atom. The van der Waals surface area contributed by atoms with E-state index < -0.39 is 11.8 Å². The molecule has 0 aliphatic carbocycles. The van der Waals surface area contributed by atoms with Crippen molar-refractivity contribution in [2.24, 2.45) is 0 Å². The second-order valence-electron chi connectivity index (χ2n) is 6.73. The SMILES string of the molecule is CCCC(=O)Nc1ccc(C(=O)NNC(=O)c2ccc(-c3ccccc3)cc2)cc1. The largest absolute Gasteiger partial charge is 0.326 e. The predicted molar refractivity (Wildman–Crippen MR) is 117 cm³/mol. The Labute approximate surface area is 175 Å². The minimum absolute atomic E-state index is 0.0692. The van der Waals surface area contributed by atoms with Crippen LogP contribution in [0.15, 0.2) is 78.9 Å². The highest BCUT2D eigenvalue weighted by molar-refractivity contribution is 5.99. The lowest BCUT2D eigenvalue weighted by Crippen LogP contribution is -2.41. The van der Waals surface area contributed by atoms with Gasteiger partial charge in [0, 0.05) is 23.2 Å². The van der Waals surface area contributed by atoms with Gasteiger partial charge in [0.1, 0.15) is 0 Å². The van der Waals surface area contributed by atoms with Crippen molar-refractivity contribution in [2.75, 3.05) is 5.32 Å². The molecule has 0 aliphatic rings. The third-order valence-corrected chi connectivity index (χ3v) is 4.45. The van der Waals surface area contributed by atoms with Crippen molar-refractivity contribution < 1.29 is 14.4 Å². The molecule has 3 N–H and O–H groups in total. The van der Waals surface area contributed by atoms with Crippen LogP contribution in [0, 0.1) is 0 Å². The number of amides is 3. The fourth-order valence-corrected chi connectivity index (χ4v) is 2.86. The minimum atomic E-state index is -0.448. The lowest BCUT2D eigenvalue weighted by Gasteiger charge is -2.09. The Morgan fingerprint density at radius 1 is 0.667 bits per heavy atom. The van der Waals surface area contributed by atoms with Crippen molar-refractivity contribution in [1.82, 2.24) is 10.9 Å². The predicted octanol–water partition coefficient (Wildman–Crippen LogP) is 4.17. The van der Waals surface area contributed by atoms with E-state index in [2.05, 4.69) is 16.2 Å². The molecule has 0 atom stereocenters. The zero-order valence-corrected chi connectivity index (χ0v) is 16.6. The fraction of sp³-hybridized carbons (Fsp3) is 0.125. The third-order valence-electron chi connectivity index (χ3n) is 4.45. The summed E-state index contributed by atoms with van der Waals surface area (Å²) in [6, 6.07) is 23.4. The topological polar surface area (TPSA) is 87.3 Å². The van der Waals surface area contributed by atoms with Crippen molar-refractivity contribution in [1.29, 1.82) is 0 Å². The van der Waals surface area contributed by atoms with Crippen LogP contribution in [-0.4, -0.2) is 17.7 Å². The van der Waals surface area contributed by atoms with Crippen molar-refractivity contribution in [3.63, 3.8) is 0 Å². The van der Waals surface area contributed by atoms with Gasteiger partial charge in [-0.3, -0.25) is 25.2 Å². The van der Waals surface area contributed by atoms with Gasteiger partial charge >= 0.3 is 0 Å². The number of hydrogen-bond donors (Lipinski definition) is 3. The summed E-state index contributed by atoms with van der Waals surface area (Å²) < 4.78 is 0. The average molecular weight is 401 g/mol. The molecule has 6 heteroatoms. The van der Waals surface area contributed by atoms with Crippen molar-refractivity contribution >= 4 is 23.4 Å². The first-order chi connectivity index (χ1) is 14.6. The van der Waals surface area contributed by atoms with E-state index in [0.717, 1.165) is 17.5 Å². The molecule has 3 aromatic rings. The number of hydrazine groups is 1. The van der Waals surface area contributed by atoms with Crippen LogP contribution in [0.5, 0.6) is 0 Å². The molecule has 152 valence electrons. The van der Waals surface area contributed by atoms with Crippen molar-refractivity contribution in [3.05, 3.63) is 90.0 Å². The molecule has 3 rings (SSSR count). The maximum atomic E-state index is 12.3. The van der Waals surface area contributed by atoms with Crippen LogP contribution in [0.1, 0.15) is 40.5 Å². The molecule has 0 radical (unpaired) electrons. The molecule has 3 aromatic carbocycles. The Balaban J connectivity index is 1.54. The summed E-state index contributed by atoms with van der Waals surface area (Å²) >= 11 is 0. The first-order valence-electron chi connectivity index (χ1n) is 9.73. The molecule has 0 saturated carbocycles. The van der Waals surface area contributed by atoms with E-state index in [1.54, 1.807) is 36.4 Å². The number of carbonyl (C=O) groups is 3. The van der Waals surface area contributed by atoms with Gasteiger partial charge in [0.2, 0.25) is 5.91 Å². The van der Waals surface area contributed by atoms with Gasteiger partial charge in [0.15, 0.2) is 0 Å². The number of anilines is 1. The molecule has 0 spiro atoms. The number of hydrogen-bond acceptors (Lipinski definition) is 3. The summed E-state index contributed by atoms with van der Waals surface area (Å²) in [4.78, 5) is 36.1. The number of rotatable bonds is 6. The van der Waals surface area contributed by atoms with Gasteiger partial charge in [-0.05, 0) is 53.9 Å². The van der Waals surface area contributed by atoms with Gasteiger partial charge in [-0.25, -0.2) is 0 Å². The normalized spacial score (nSPS) is 10.2.